The summed E-state index contributed by atoms with van der Waals surface area (Å²) in [7, 11) is 0. The summed E-state index contributed by atoms with van der Waals surface area (Å²) in [4.78, 5) is 13.8. The van der Waals surface area contributed by atoms with Gasteiger partial charge in [0.1, 0.15) is 4.88 Å². The summed E-state index contributed by atoms with van der Waals surface area (Å²) in [5.74, 6) is 7.95. The SMILES string of the molecule is CC=C(CCC(CC)c1cc(-c2ccc(C#CC3=CSC=CC3C)cc2)sc1C(=O)O)C1CCC(C)CC1. The molecule has 2 nitrogen and oxygen atoms in total. The van der Waals surface area contributed by atoms with Crippen molar-refractivity contribution >= 4 is 29.1 Å². The molecule has 4 heteroatoms. The van der Waals surface area contributed by atoms with Gasteiger partial charge in [-0.1, -0.05) is 75.3 Å². The Morgan fingerprint density at radius 2 is 1.87 bits per heavy atom. The Morgan fingerprint density at radius 1 is 1.13 bits per heavy atom. The molecule has 0 amide bonds. The average molecular weight is 545 g/mol. The van der Waals surface area contributed by atoms with Crippen molar-refractivity contribution in [3.05, 3.63) is 80.5 Å². The number of hydrogen-bond donors (Lipinski definition) is 1. The second kappa shape index (κ2) is 13.5. The lowest BCUT2D eigenvalue weighted by molar-refractivity contribution is 0.0700. The van der Waals surface area contributed by atoms with Gasteiger partial charge in [0.05, 0.1) is 0 Å². The number of thiophene rings is 1. The lowest BCUT2D eigenvalue weighted by Gasteiger charge is -2.29. The van der Waals surface area contributed by atoms with E-state index in [9.17, 15) is 9.90 Å². The van der Waals surface area contributed by atoms with E-state index in [0.717, 1.165) is 52.3 Å². The first-order valence-electron chi connectivity index (χ1n) is 14.1. The monoisotopic (exact) mass is 544 g/mol. The van der Waals surface area contributed by atoms with Gasteiger partial charge >= 0.3 is 5.97 Å². The highest BCUT2D eigenvalue weighted by atomic mass is 32.2. The third kappa shape index (κ3) is 7.13. The third-order valence-corrected chi connectivity index (χ3v) is 10.1. The number of carboxylic acids is 1. The number of carboxylic acid groups (broad SMARTS) is 1. The molecule has 1 fully saturated rings. The van der Waals surface area contributed by atoms with Crippen LogP contribution in [0.3, 0.4) is 0 Å². The molecule has 0 saturated heterocycles. The summed E-state index contributed by atoms with van der Waals surface area (Å²) in [6, 6.07) is 10.4. The highest BCUT2D eigenvalue weighted by Crippen LogP contribution is 2.41. The van der Waals surface area contributed by atoms with Crippen molar-refractivity contribution in [3.63, 3.8) is 0 Å². The molecule has 1 aromatic heterocycles. The van der Waals surface area contributed by atoms with Crippen LogP contribution in [-0.4, -0.2) is 11.1 Å². The molecule has 200 valence electrons. The molecule has 0 radical (unpaired) electrons. The van der Waals surface area contributed by atoms with Crippen molar-refractivity contribution in [3.8, 4) is 22.3 Å². The number of allylic oxidation sites excluding steroid dienone is 4. The van der Waals surface area contributed by atoms with Gasteiger partial charge in [0.25, 0.3) is 0 Å². The third-order valence-electron chi connectivity index (χ3n) is 8.23. The Balaban J connectivity index is 1.49. The zero-order chi connectivity index (χ0) is 27.1. The van der Waals surface area contributed by atoms with Gasteiger partial charge in [-0.2, -0.15) is 0 Å². The zero-order valence-electron chi connectivity index (χ0n) is 23.1. The summed E-state index contributed by atoms with van der Waals surface area (Å²) in [5.41, 5.74) is 5.74. The molecule has 1 saturated carbocycles. The second-order valence-electron chi connectivity index (χ2n) is 10.8. The summed E-state index contributed by atoms with van der Waals surface area (Å²) >= 11 is 3.08. The topological polar surface area (TPSA) is 37.3 Å². The van der Waals surface area contributed by atoms with E-state index in [2.05, 4.69) is 80.7 Å². The molecule has 1 N–H and O–H groups in total. The molecule has 0 bridgehead atoms. The van der Waals surface area contributed by atoms with Crippen molar-refractivity contribution in [2.24, 2.45) is 17.8 Å². The van der Waals surface area contributed by atoms with Crippen LogP contribution in [0.25, 0.3) is 10.4 Å². The molecule has 1 aromatic carbocycles. The Bertz CT molecular complexity index is 1260. The molecular weight excluding hydrogens is 505 g/mol. The van der Waals surface area contributed by atoms with Gasteiger partial charge < -0.3 is 5.11 Å². The minimum absolute atomic E-state index is 0.256. The number of hydrogen-bond acceptors (Lipinski definition) is 3. The van der Waals surface area contributed by atoms with Crippen LogP contribution in [0.15, 0.2) is 64.4 Å². The number of aromatic carboxylic acids is 1. The van der Waals surface area contributed by atoms with Gasteiger partial charge in [-0.25, -0.2) is 4.79 Å². The average Bonchev–Trinajstić information content (AvgIpc) is 3.37. The smallest absolute Gasteiger partial charge is 0.346 e. The summed E-state index contributed by atoms with van der Waals surface area (Å²) in [6.07, 6.45) is 12.8. The molecule has 1 aliphatic carbocycles. The van der Waals surface area contributed by atoms with Crippen LogP contribution in [0.4, 0.5) is 0 Å². The van der Waals surface area contributed by atoms with Crippen molar-refractivity contribution in [2.75, 3.05) is 0 Å². The van der Waals surface area contributed by atoms with Crippen LogP contribution in [0.1, 0.15) is 99.4 Å². The maximum absolute atomic E-state index is 12.2. The van der Waals surface area contributed by atoms with Gasteiger partial charge in [-0.3, -0.25) is 0 Å². The van der Waals surface area contributed by atoms with Crippen molar-refractivity contribution < 1.29 is 9.90 Å². The van der Waals surface area contributed by atoms with Crippen LogP contribution in [0.2, 0.25) is 0 Å². The lowest BCUT2D eigenvalue weighted by atomic mass is 9.77. The predicted molar refractivity (Wildman–Crippen MR) is 165 cm³/mol. The normalized spacial score (nSPS) is 22.4. The first-order chi connectivity index (χ1) is 18.4. The molecule has 1 aliphatic heterocycles. The number of thioether (sulfide) groups is 1. The van der Waals surface area contributed by atoms with E-state index < -0.39 is 5.97 Å². The number of benzene rings is 1. The molecule has 2 heterocycles. The highest BCUT2D eigenvalue weighted by Gasteiger charge is 2.25. The summed E-state index contributed by atoms with van der Waals surface area (Å²) in [5, 5.41) is 14.3. The van der Waals surface area contributed by atoms with Crippen molar-refractivity contribution in [2.45, 2.75) is 78.6 Å². The van der Waals surface area contributed by atoms with Crippen LogP contribution in [-0.2, 0) is 0 Å². The van der Waals surface area contributed by atoms with Gasteiger partial charge in [0.15, 0.2) is 0 Å². The minimum atomic E-state index is -0.813. The molecule has 2 aliphatic rings. The van der Waals surface area contributed by atoms with Gasteiger partial charge in [0, 0.05) is 21.9 Å². The minimum Gasteiger partial charge on any atom is -0.477 e. The van der Waals surface area contributed by atoms with Crippen LogP contribution in [0, 0.1) is 29.6 Å². The van der Waals surface area contributed by atoms with E-state index in [4.69, 9.17) is 0 Å². The second-order valence-corrected chi connectivity index (χ2v) is 12.7. The molecule has 2 atom stereocenters. The standard InChI is InChI=1S/C34H40O2S2/c1-5-26(28-12-7-23(3)8-13-28)17-18-27(6-2)31-21-32(38-33(31)34(35)36)29-14-9-25(10-15-29)11-16-30-22-37-20-19-24(30)4/h5,9-10,14-15,19-24,27-28H,6-8,12-13,17-18H2,1-4H3,(H,35,36). The van der Waals surface area contributed by atoms with E-state index in [0.29, 0.717) is 16.7 Å². The first kappa shape index (κ1) is 28.5. The van der Waals surface area contributed by atoms with E-state index in [1.54, 1.807) is 17.3 Å². The zero-order valence-corrected chi connectivity index (χ0v) is 24.8. The van der Waals surface area contributed by atoms with Crippen LogP contribution in [0.5, 0.6) is 0 Å². The maximum Gasteiger partial charge on any atom is 0.346 e. The van der Waals surface area contributed by atoms with Crippen molar-refractivity contribution in [1.29, 1.82) is 0 Å². The Morgan fingerprint density at radius 3 is 2.50 bits per heavy atom. The fraction of sp³-hybridized carbons (Fsp3) is 0.441. The van der Waals surface area contributed by atoms with Crippen molar-refractivity contribution in [1.82, 2.24) is 0 Å². The van der Waals surface area contributed by atoms with Gasteiger partial charge in [0.2, 0.25) is 0 Å². The lowest BCUT2D eigenvalue weighted by Crippen LogP contribution is -2.15. The number of carbonyl (C=O) groups is 1. The first-order valence-corrected chi connectivity index (χ1v) is 15.8. The van der Waals surface area contributed by atoms with E-state index in [1.807, 2.05) is 12.1 Å². The van der Waals surface area contributed by atoms with E-state index in [1.165, 1.54) is 37.0 Å². The number of rotatable bonds is 8. The maximum atomic E-state index is 12.2. The van der Waals surface area contributed by atoms with Gasteiger partial charge in [-0.15, -0.1) is 23.1 Å². The van der Waals surface area contributed by atoms with Crippen LogP contribution < -0.4 is 0 Å². The molecule has 4 rings (SSSR count). The Kier molecular flexibility index (Phi) is 10.2. The van der Waals surface area contributed by atoms with Crippen LogP contribution >= 0.6 is 23.1 Å². The Labute approximate surface area is 237 Å². The highest BCUT2D eigenvalue weighted by molar-refractivity contribution is 8.05. The predicted octanol–water partition coefficient (Wildman–Crippen LogP) is 10.3. The Hall–Kier alpha value is -2.48. The quantitative estimate of drug-likeness (QED) is 0.265. The van der Waals surface area contributed by atoms with Gasteiger partial charge in [-0.05, 0) is 96.9 Å². The van der Waals surface area contributed by atoms with E-state index in [-0.39, 0.29) is 5.92 Å². The molecular formula is C34H40O2S2. The van der Waals surface area contributed by atoms with E-state index >= 15 is 0 Å². The fourth-order valence-corrected chi connectivity index (χ4v) is 7.56. The molecule has 38 heavy (non-hydrogen) atoms. The largest absolute Gasteiger partial charge is 0.477 e. The molecule has 2 aromatic rings. The summed E-state index contributed by atoms with van der Waals surface area (Å²) < 4.78 is 0. The molecule has 0 spiro atoms. The fourth-order valence-electron chi connectivity index (χ4n) is 5.65. The molecule has 2 unspecified atom stereocenters. The summed E-state index contributed by atoms with van der Waals surface area (Å²) in [6.45, 7) is 8.90.